The number of morpholine rings is 1. The molecule has 1 saturated heterocycles. The van der Waals surface area contributed by atoms with Gasteiger partial charge in [0, 0.05) is 24.7 Å². The number of ether oxygens (including phenoxy) is 1. The Morgan fingerprint density at radius 2 is 1.85 bits per heavy atom. The summed E-state index contributed by atoms with van der Waals surface area (Å²) < 4.78 is 29.1. The van der Waals surface area contributed by atoms with Crippen LogP contribution in [0.3, 0.4) is 0 Å². The Labute approximate surface area is 158 Å². The lowest BCUT2D eigenvalue weighted by molar-refractivity contribution is -0.141. The Kier molecular flexibility index (Phi) is 4.65. The number of pyridine rings is 1. The number of aromatic nitrogens is 1. The molecule has 2 fully saturated rings. The van der Waals surface area contributed by atoms with Crippen LogP contribution in [-0.4, -0.2) is 50.5 Å². The van der Waals surface area contributed by atoms with E-state index in [0.29, 0.717) is 37.4 Å². The highest BCUT2D eigenvalue weighted by Gasteiger charge is 2.47. The van der Waals surface area contributed by atoms with E-state index in [1.807, 2.05) is 11.0 Å². The molecule has 1 aliphatic heterocycles. The Hall–Kier alpha value is -2.03. The van der Waals surface area contributed by atoms with Crippen LogP contribution < -0.4 is 5.14 Å². The van der Waals surface area contributed by atoms with E-state index in [-0.39, 0.29) is 10.8 Å². The average molecular weight is 389 g/mol. The van der Waals surface area contributed by atoms with E-state index < -0.39 is 15.4 Å². The number of nitrogens with two attached hydrogens (primary N) is 1. The summed E-state index contributed by atoms with van der Waals surface area (Å²) in [4.78, 5) is 20.0. The molecule has 0 atom stereocenters. The molecule has 1 aliphatic carbocycles. The summed E-state index contributed by atoms with van der Waals surface area (Å²) in [6.45, 7) is 2.24. The summed E-state index contributed by atoms with van der Waals surface area (Å²) in [7, 11) is -3.83. The van der Waals surface area contributed by atoms with Crippen molar-refractivity contribution in [3.8, 4) is 0 Å². The van der Waals surface area contributed by atoms with E-state index in [1.54, 1.807) is 18.3 Å². The van der Waals surface area contributed by atoms with Crippen molar-refractivity contribution in [2.24, 2.45) is 5.14 Å². The maximum absolute atomic E-state index is 13.5. The number of amides is 1. The molecule has 2 aliphatic rings. The van der Waals surface area contributed by atoms with E-state index in [9.17, 15) is 13.2 Å². The first-order valence-corrected chi connectivity index (χ1v) is 10.8. The fourth-order valence-electron chi connectivity index (χ4n) is 4.31. The molecule has 0 spiro atoms. The van der Waals surface area contributed by atoms with Crippen LogP contribution in [0.4, 0.5) is 0 Å². The van der Waals surface area contributed by atoms with Gasteiger partial charge < -0.3 is 9.64 Å². The smallest absolute Gasteiger partial charge is 0.238 e. The number of primary sulfonamides is 1. The molecule has 7 nitrogen and oxygen atoms in total. The van der Waals surface area contributed by atoms with Gasteiger partial charge in [-0.05, 0) is 36.4 Å². The molecule has 2 heterocycles. The SMILES string of the molecule is NS(=O)(=O)c1ccc2ccnc(C3(C(=O)N4CCOCC4)CCCC3)c2c1. The van der Waals surface area contributed by atoms with Crippen molar-refractivity contribution in [1.29, 1.82) is 0 Å². The van der Waals surface area contributed by atoms with Gasteiger partial charge in [-0.2, -0.15) is 0 Å². The van der Waals surface area contributed by atoms with Gasteiger partial charge in [-0.1, -0.05) is 18.9 Å². The zero-order valence-corrected chi connectivity index (χ0v) is 15.9. The van der Waals surface area contributed by atoms with Crippen LogP contribution in [0.15, 0.2) is 35.4 Å². The Morgan fingerprint density at radius 1 is 1.15 bits per heavy atom. The maximum atomic E-state index is 13.5. The Morgan fingerprint density at radius 3 is 2.52 bits per heavy atom. The highest BCUT2D eigenvalue weighted by molar-refractivity contribution is 7.89. The molecule has 4 rings (SSSR count). The van der Waals surface area contributed by atoms with Crippen molar-refractivity contribution >= 4 is 26.7 Å². The quantitative estimate of drug-likeness (QED) is 0.858. The monoisotopic (exact) mass is 389 g/mol. The fourth-order valence-corrected chi connectivity index (χ4v) is 4.85. The topological polar surface area (TPSA) is 103 Å². The standard InChI is InChI=1S/C19H23N3O4S/c20-27(24,25)15-4-3-14-5-8-21-17(16(14)13-15)19(6-1-2-7-19)18(23)22-9-11-26-12-10-22/h3-5,8,13H,1-2,6-7,9-12H2,(H2,20,24,25). The molecule has 1 amide bonds. The number of benzene rings is 1. The van der Waals surface area contributed by atoms with Crippen molar-refractivity contribution in [2.75, 3.05) is 26.3 Å². The largest absolute Gasteiger partial charge is 0.378 e. The van der Waals surface area contributed by atoms with Crippen LogP contribution in [-0.2, 0) is 25.0 Å². The summed E-state index contributed by atoms with van der Waals surface area (Å²) >= 11 is 0. The number of fused-ring (bicyclic) bond motifs is 1. The molecule has 8 heteroatoms. The minimum atomic E-state index is -3.83. The van der Waals surface area contributed by atoms with Gasteiger partial charge in [-0.25, -0.2) is 13.6 Å². The number of hydrogen-bond donors (Lipinski definition) is 1. The number of rotatable bonds is 3. The molecule has 0 radical (unpaired) electrons. The zero-order chi connectivity index (χ0) is 19.1. The van der Waals surface area contributed by atoms with Crippen LogP contribution in [0.5, 0.6) is 0 Å². The van der Waals surface area contributed by atoms with Crippen LogP contribution in [0.25, 0.3) is 10.8 Å². The molecule has 1 aromatic heterocycles. The first-order valence-electron chi connectivity index (χ1n) is 9.21. The molecule has 0 bridgehead atoms. The van der Waals surface area contributed by atoms with Crippen LogP contribution in [0.2, 0.25) is 0 Å². The summed E-state index contributed by atoms with van der Waals surface area (Å²) in [5, 5.41) is 6.87. The highest BCUT2D eigenvalue weighted by atomic mass is 32.2. The number of hydrogen-bond acceptors (Lipinski definition) is 5. The van der Waals surface area contributed by atoms with Crippen LogP contribution in [0, 0.1) is 0 Å². The minimum Gasteiger partial charge on any atom is -0.378 e. The molecule has 0 unspecified atom stereocenters. The first-order chi connectivity index (χ1) is 12.9. The molecule has 2 aromatic rings. The Balaban J connectivity index is 1.88. The molecular weight excluding hydrogens is 366 g/mol. The van der Waals surface area contributed by atoms with Gasteiger partial charge in [0.1, 0.15) is 0 Å². The summed E-state index contributed by atoms with van der Waals surface area (Å²) in [5.41, 5.74) is -0.0483. The summed E-state index contributed by atoms with van der Waals surface area (Å²) in [6.07, 6.45) is 5.02. The second kappa shape index (κ2) is 6.85. The summed E-state index contributed by atoms with van der Waals surface area (Å²) in [6, 6.07) is 6.60. The van der Waals surface area contributed by atoms with Gasteiger partial charge in [-0.15, -0.1) is 0 Å². The van der Waals surface area contributed by atoms with Gasteiger partial charge in [0.15, 0.2) is 0 Å². The molecule has 27 heavy (non-hydrogen) atoms. The van der Waals surface area contributed by atoms with Gasteiger partial charge >= 0.3 is 0 Å². The van der Waals surface area contributed by atoms with Crippen LogP contribution in [0.1, 0.15) is 31.4 Å². The predicted octanol–water partition coefficient (Wildman–Crippen LogP) is 1.55. The van der Waals surface area contributed by atoms with E-state index >= 15 is 0 Å². The molecular formula is C19H23N3O4S. The van der Waals surface area contributed by atoms with Crippen molar-refractivity contribution in [2.45, 2.75) is 36.0 Å². The van der Waals surface area contributed by atoms with Gasteiger partial charge in [-0.3, -0.25) is 9.78 Å². The van der Waals surface area contributed by atoms with Crippen molar-refractivity contribution in [1.82, 2.24) is 9.88 Å². The van der Waals surface area contributed by atoms with Crippen molar-refractivity contribution < 1.29 is 17.9 Å². The van der Waals surface area contributed by atoms with E-state index in [0.717, 1.165) is 31.1 Å². The van der Waals surface area contributed by atoms with E-state index in [2.05, 4.69) is 4.98 Å². The Bertz CT molecular complexity index is 978. The second-order valence-electron chi connectivity index (χ2n) is 7.28. The molecule has 1 aromatic carbocycles. The number of carbonyl (C=O) groups is 1. The fraction of sp³-hybridized carbons (Fsp3) is 0.474. The third-order valence-corrected chi connectivity index (χ3v) is 6.60. The van der Waals surface area contributed by atoms with Gasteiger partial charge in [0.25, 0.3) is 0 Å². The maximum Gasteiger partial charge on any atom is 0.238 e. The average Bonchev–Trinajstić information content (AvgIpc) is 3.17. The highest BCUT2D eigenvalue weighted by Crippen LogP contribution is 2.44. The first kappa shape index (κ1) is 18.3. The van der Waals surface area contributed by atoms with E-state index in [1.165, 1.54) is 6.07 Å². The minimum absolute atomic E-state index is 0.0382. The molecule has 144 valence electrons. The third-order valence-electron chi connectivity index (χ3n) is 5.68. The van der Waals surface area contributed by atoms with Crippen molar-refractivity contribution in [3.05, 3.63) is 36.2 Å². The normalized spacial score (nSPS) is 20.1. The predicted molar refractivity (Wildman–Crippen MR) is 101 cm³/mol. The lowest BCUT2D eigenvalue weighted by atomic mass is 9.78. The third kappa shape index (κ3) is 3.22. The number of carbonyl (C=O) groups excluding carboxylic acids is 1. The summed E-state index contributed by atoms with van der Waals surface area (Å²) in [5.74, 6) is 0.0734. The van der Waals surface area contributed by atoms with Crippen molar-refractivity contribution in [3.63, 3.8) is 0 Å². The molecule has 1 saturated carbocycles. The lowest BCUT2D eigenvalue weighted by Crippen LogP contribution is -2.50. The number of sulfonamides is 1. The van der Waals surface area contributed by atoms with E-state index in [4.69, 9.17) is 9.88 Å². The van der Waals surface area contributed by atoms with Gasteiger partial charge in [0.05, 0.1) is 29.2 Å². The lowest BCUT2D eigenvalue weighted by Gasteiger charge is -2.36. The molecule has 2 N–H and O–H groups in total. The van der Waals surface area contributed by atoms with Crippen LogP contribution >= 0.6 is 0 Å². The number of nitrogens with zero attached hydrogens (tertiary/aromatic N) is 2. The second-order valence-corrected chi connectivity index (χ2v) is 8.84. The zero-order valence-electron chi connectivity index (χ0n) is 15.1. The van der Waals surface area contributed by atoms with Gasteiger partial charge in [0.2, 0.25) is 15.9 Å².